The van der Waals surface area contributed by atoms with Crippen LogP contribution in [0.4, 0.5) is 0 Å². The summed E-state index contributed by atoms with van der Waals surface area (Å²) in [6.07, 6.45) is 1.75. The van der Waals surface area contributed by atoms with Crippen molar-refractivity contribution in [1.82, 2.24) is 15.3 Å². The summed E-state index contributed by atoms with van der Waals surface area (Å²) in [6.45, 7) is 7.36. The van der Waals surface area contributed by atoms with E-state index in [4.69, 9.17) is 0 Å². The van der Waals surface area contributed by atoms with Gasteiger partial charge >= 0.3 is 0 Å². The normalized spacial score (nSPS) is 13.2. The highest BCUT2D eigenvalue weighted by Gasteiger charge is 2.16. The average Bonchev–Trinajstić information content (AvgIpc) is 2.91. The number of aromatic amines is 1. The first-order chi connectivity index (χ1) is 8.18. The molecule has 1 unspecified atom stereocenters. The predicted molar refractivity (Wildman–Crippen MR) is 72.1 cm³/mol. The van der Waals surface area contributed by atoms with Crippen LogP contribution in [0.5, 0.6) is 0 Å². The smallest absolute Gasteiger partial charge is 0.0925 e. The maximum atomic E-state index is 4.31. The van der Waals surface area contributed by atoms with Gasteiger partial charge in [0.15, 0.2) is 0 Å². The van der Waals surface area contributed by atoms with Crippen molar-refractivity contribution >= 4 is 11.3 Å². The minimum atomic E-state index is 0.408. The van der Waals surface area contributed by atoms with Crippen LogP contribution in [-0.2, 0) is 6.54 Å². The van der Waals surface area contributed by atoms with Gasteiger partial charge in [0.1, 0.15) is 0 Å². The van der Waals surface area contributed by atoms with Gasteiger partial charge in [0, 0.05) is 23.2 Å². The Morgan fingerprint density at radius 2 is 2.29 bits per heavy atom. The van der Waals surface area contributed by atoms with Crippen molar-refractivity contribution in [2.45, 2.75) is 33.4 Å². The number of hydrogen-bond donors (Lipinski definition) is 2. The summed E-state index contributed by atoms with van der Waals surface area (Å²) in [6, 6.07) is 4.71. The first kappa shape index (κ1) is 12.3. The third-order valence-corrected chi connectivity index (χ3v) is 3.90. The molecule has 0 saturated carbocycles. The van der Waals surface area contributed by atoms with Gasteiger partial charge in [-0.15, -0.1) is 11.3 Å². The van der Waals surface area contributed by atoms with E-state index in [1.54, 1.807) is 6.33 Å². The summed E-state index contributed by atoms with van der Waals surface area (Å²) in [7, 11) is 0. The van der Waals surface area contributed by atoms with Crippen molar-refractivity contribution in [3.63, 3.8) is 0 Å². The molecule has 2 rings (SSSR count). The molecular formula is C13H19N3S. The standard InChI is InChI=1S/C13H19N3S/c1-9(2)13(12-5-4-6-17-12)14-7-11-10(3)15-8-16-11/h4-6,8-9,13-14H,7H2,1-3H3,(H,15,16). The van der Waals surface area contributed by atoms with Crippen LogP contribution in [0.2, 0.25) is 0 Å². The molecule has 4 heteroatoms. The number of H-pyrrole nitrogens is 1. The number of aromatic nitrogens is 2. The first-order valence-electron chi connectivity index (χ1n) is 5.94. The molecule has 0 aliphatic carbocycles. The molecule has 2 aromatic heterocycles. The molecule has 0 saturated heterocycles. The van der Waals surface area contributed by atoms with Crippen molar-refractivity contribution in [2.75, 3.05) is 0 Å². The van der Waals surface area contributed by atoms with Crippen LogP contribution >= 0.6 is 11.3 Å². The van der Waals surface area contributed by atoms with Gasteiger partial charge in [-0.25, -0.2) is 4.98 Å². The highest BCUT2D eigenvalue weighted by Crippen LogP contribution is 2.26. The van der Waals surface area contributed by atoms with Crippen LogP contribution in [0.25, 0.3) is 0 Å². The minimum absolute atomic E-state index is 0.408. The monoisotopic (exact) mass is 249 g/mol. The molecule has 0 aromatic carbocycles. The number of nitrogens with zero attached hydrogens (tertiary/aromatic N) is 1. The van der Waals surface area contributed by atoms with Gasteiger partial charge in [-0.2, -0.15) is 0 Å². The molecule has 1 atom stereocenters. The maximum Gasteiger partial charge on any atom is 0.0925 e. The Kier molecular flexibility index (Phi) is 3.97. The minimum Gasteiger partial charge on any atom is -0.348 e. The SMILES string of the molecule is Cc1[nH]cnc1CNC(c1cccs1)C(C)C. The van der Waals surface area contributed by atoms with Gasteiger partial charge in [0.2, 0.25) is 0 Å². The van der Waals surface area contributed by atoms with Crippen molar-refractivity contribution < 1.29 is 0 Å². The molecule has 2 N–H and O–H groups in total. The van der Waals surface area contributed by atoms with Crippen LogP contribution in [-0.4, -0.2) is 9.97 Å². The molecule has 0 fully saturated rings. The third-order valence-electron chi connectivity index (χ3n) is 2.94. The summed E-state index contributed by atoms with van der Waals surface area (Å²) in [5.74, 6) is 0.577. The Hall–Kier alpha value is -1.13. The van der Waals surface area contributed by atoms with Crippen molar-refractivity contribution in [1.29, 1.82) is 0 Å². The number of imidazole rings is 1. The maximum absolute atomic E-state index is 4.31. The second-order valence-corrected chi connectivity index (χ2v) is 5.57. The van der Waals surface area contributed by atoms with Crippen LogP contribution in [0.15, 0.2) is 23.8 Å². The zero-order valence-corrected chi connectivity index (χ0v) is 11.3. The summed E-state index contributed by atoms with van der Waals surface area (Å²) in [4.78, 5) is 8.82. The fraction of sp³-hybridized carbons (Fsp3) is 0.462. The lowest BCUT2D eigenvalue weighted by Crippen LogP contribution is -2.25. The number of hydrogen-bond acceptors (Lipinski definition) is 3. The third kappa shape index (κ3) is 2.96. The summed E-state index contributed by atoms with van der Waals surface area (Å²) in [5, 5.41) is 5.72. The fourth-order valence-corrected chi connectivity index (χ4v) is 2.88. The molecule has 17 heavy (non-hydrogen) atoms. The van der Waals surface area contributed by atoms with E-state index in [2.05, 4.69) is 53.6 Å². The van der Waals surface area contributed by atoms with E-state index in [1.807, 2.05) is 11.3 Å². The summed E-state index contributed by atoms with van der Waals surface area (Å²) < 4.78 is 0. The molecule has 0 amide bonds. The van der Waals surface area contributed by atoms with E-state index in [9.17, 15) is 0 Å². The second-order valence-electron chi connectivity index (χ2n) is 4.59. The molecule has 0 aliphatic heterocycles. The molecule has 0 aliphatic rings. The molecule has 2 aromatic rings. The Labute approximate surface area is 106 Å². The van der Waals surface area contributed by atoms with Gasteiger partial charge in [-0.3, -0.25) is 0 Å². The number of nitrogens with one attached hydrogen (secondary N) is 2. The average molecular weight is 249 g/mol. The van der Waals surface area contributed by atoms with Crippen LogP contribution in [0, 0.1) is 12.8 Å². The van der Waals surface area contributed by atoms with Gasteiger partial charge in [-0.05, 0) is 24.3 Å². The number of rotatable bonds is 5. The molecule has 0 spiro atoms. The van der Waals surface area contributed by atoms with E-state index < -0.39 is 0 Å². The quantitative estimate of drug-likeness (QED) is 0.854. The lowest BCUT2D eigenvalue weighted by Gasteiger charge is -2.21. The van der Waals surface area contributed by atoms with Gasteiger partial charge in [0.05, 0.1) is 12.0 Å². The van der Waals surface area contributed by atoms with Crippen LogP contribution in [0.1, 0.15) is 36.2 Å². The molecule has 92 valence electrons. The zero-order valence-electron chi connectivity index (χ0n) is 10.5. The Balaban J connectivity index is 2.02. The molecular weight excluding hydrogens is 230 g/mol. The molecule has 3 nitrogen and oxygen atoms in total. The lowest BCUT2D eigenvalue weighted by atomic mass is 10.0. The van der Waals surface area contributed by atoms with E-state index in [1.165, 1.54) is 4.88 Å². The number of aryl methyl sites for hydroxylation is 1. The van der Waals surface area contributed by atoms with E-state index >= 15 is 0 Å². The Bertz CT molecular complexity index is 445. The molecule has 0 radical (unpaired) electrons. The molecule has 0 bridgehead atoms. The van der Waals surface area contributed by atoms with E-state index in [0.29, 0.717) is 12.0 Å². The van der Waals surface area contributed by atoms with Crippen molar-refractivity contribution in [2.24, 2.45) is 5.92 Å². The highest BCUT2D eigenvalue weighted by atomic mass is 32.1. The van der Waals surface area contributed by atoms with Crippen molar-refractivity contribution in [3.8, 4) is 0 Å². The fourth-order valence-electron chi connectivity index (χ4n) is 1.91. The second kappa shape index (κ2) is 5.47. The van der Waals surface area contributed by atoms with Gasteiger partial charge < -0.3 is 10.3 Å². The lowest BCUT2D eigenvalue weighted by molar-refractivity contribution is 0.414. The van der Waals surface area contributed by atoms with E-state index in [-0.39, 0.29) is 0 Å². The van der Waals surface area contributed by atoms with Gasteiger partial charge in [0.25, 0.3) is 0 Å². The molecule has 2 heterocycles. The topological polar surface area (TPSA) is 40.7 Å². The summed E-state index contributed by atoms with van der Waals surface area (Å²) in [5.41, 5.74) is 2.25. The van der Waals surface area contributed by atoms with Crippen molar-refractivity contribution in [3.05, 3.63) is 40.1 Å². The van der Waals surface area contributed by atoms with Crippen LogP contribution in [0.3, 0.4) is 0 Å². The first-order valence-corrected chi connectivity index (χ1v) is 6.82. The highest BCUT2D eigenvalue weighted by molar-refractivity contribution is 7.10. The zero-order chi connectivity index (χ0) is 12.3. The summed E-state index contributed by atoms with van der Waals surface area (Å²) >= 11 is 1.81. The number of thiophene rings is 1. The van der Waals surface area contributed by atoms with Gasteiger partial charge in [-0.1, -0.05) is 19.9 Å². The Morgan fingerprint density at radius 1 is 1.47 bits per heavy atom. The Morgan fingerprint density at radius 3 is 2.82 bits per heavy atom. The predicted octanol–water partition coefficient (Wildman–Crippen LogP) is 3.27. The van der Waals surface area contributed by atoms with E-state index in [0.717, 1.165) is 17.9 Å². The largest absolute Gasteiger partial charge is 0.348 e. The van der Waals surface area contributed by atoms with Crippen LogP contribution < -0.4 is 5.32 Å².